The summed E-state index contributed by atoms with van der Waals surface area (Å²) in [6, 6.07) is 3.11. The third kappa shape index (κ3) is 2.68. The molecule has 2 N–H and O–H groups in total. The quantitative estimate of drug-likeness (QED) is 0.909. The van der Waals surface area contributed by atoms with E-state index in [1.165, 1.54) is 17.8 Å². The van der Waals surface area contributed by atoms with Crippen LogP contribution in [0.4, 0.5) is 0 Å². The van der Waals surface area contributed by atoms with Gasteiger partial charge in [0.15, 0.2) is 5.69 Å². The van der Waals surface area contributed by atoms with E-state index in [4.69, 9.17) is 0 Å². The minimum Gasteiger partial charge on any atom is -0.505 e. The van der Waals surface area contributed by atoms with E-state index in [9.17, 15) is 9.90 Å². The van der Waals surface area contributed by atoms with Crippen LogP contribution in [0.3, 0.4) is 0 Å². The van der Waals surface area contributed by atoms with E-state index in [1.54, 1.807) is 11.0 Å². The number of aromatic hydroxyl groups is 1. The van der Waals surface area contributed by atoms with E-state index in [-0.39, 0.29) is 23.3 Å². The first-order chi connectivity index (χ1) is 10.7. The molecule has 0 bridgehead atoms. The zero-order valence-corrected chi connectivity index (χ0v) is 12.6. The zero-order valence-electron chi connectivity index (χ0n) is 12.6. The maximum absolute atomic E-state index is 12.6. The highest BCUT2D eigenvalue weighted by Crippen LogP contribution is 2.29. The van der Waals surface area contributed by atoms with Crippen molar-refractivity contribution in [3.05, 3.63) is 41.5 Å². The summed E-state index contributed by atoms with van der Waals surface area (Å²) in [6.45, 7) is 3.43. The topological polar surface area (TPSA) is 82.1 Å². The SMILES string of the molecule is CCc1cn[nH]c1[C@@H]1CCCN(C(=O)c2ncccc2O)C1. The van der Waals surface area contributed by atoms with Crippen LogP contribution in [0.25, 0.3) is 0 Å². The normalized spacial score (nSPS) is 18.4. The number of rotatable bonds is 3. The van der Waals surface area contributed by atoms with Crippen LogP contribution in [0.5, 0.6) is 5.75 Å². The molecule has 0 spiro atoms. The number of aromatic amines is 1. The van der Waals surface area contributed by atoms with Crippen LogP contribution in [0, 0.1) is 0 Å². The van der Waals surface area contributed by atoms with E-state index in [1.807, 2.05) is 6.20 Å². The van der Waals surface area contributed by atoms with Crippen molar-refractivity contribution in [2.24, 2.45) is 0 Å². The Morgan fingerprint density at radius 1 is 1.55 bits per heavy atom. The number of aryl methyl sites for hydroxylation is 1. The molecule has 0 saturated carbocycles. The van der Waals surface area contributed by atoms with E-state index < -0.39 is 0 Å². The van der Waals surface area contributed by atoms with Gasteiger partial charge in [-0.15, -0.1) is 0 Å². The molecule has 2 aromatic heterocycles. The van der Waals surface area contributed by atoms with Crippen LogP contribution >= 0.6 is 0 Å². The highest BCUT2D eigenvalue weighted by atomic mass is 16.3. The summed E-state index contributed by atoms with van der Waals surface area (Å²) in [5.41, 5.74) is 2.47. The van der Waals surface area contributed by atoms with Crippen molar-refractivity contribution in [2.75, 3.05) is 13.1 Å². The second kappa shape index (κ2) is 6.17. The average Bonchev–Trinajstić information content (AvgIpc) is 3.03. The van der Waals surface area contributed by atoms with Crippen molar-refractivity contribution < 1.29 is 9.90 Å². The number of carbonyl (C=O) groups is 1. The van der Waals surface area contributed by atoms with Crippen LogP contribution in [0.2, 0.25) is 0 Å². The van der Waals surface area contributed by atoms with Crippen LogP contribution in [0.1, 0.15) is 47.4 Å². The first-order valence-electron chi connectivity index (χ1n) is 7.66. The van der Waals surface area contributed by atoms with E-state index in [0.717, 1.165) is 25.0 Å². The molecule has 1 aliphatic heterocycles. The van der Waals surface area contributed by atoms with Gasteiger partial charge in [0.1, 0.15) is 5.75 Å². The molecule has 0 radical (unpaired) electrons. The molecule has 6 nitrogen and oxygen atoms in total. The number of aromatic nitrogens is 3. The fourth-order valence-electron chi connectivity index (χ4n) is 3.06. The van der Waals surface area contributed by atoms with Gasteiger partial charge in [0.05, 0.1) is 6.20 Å². The van der Waals surface area contributed by atoms with Crippen molar-refractivity contribution in [1.29, 1.82) is 0 Å². The maximum atomic E-state index is 12.6. The lowest BCUT2D eigenvalue weighted by molar-refractivity contribution is 0.0696. The lowest BCUT2D eigenvalue weighted by Gasteiger charge is -2.32. The second-order valence-electron chi connectivity index (χ2n) is 5.62. The fraction of sp³-hybridized carbons (Fsp3) is 0.438. The number of nitrogens with zero attached hydrogens (tertiary/aromatic N) is 3. The molecule has 6 heteroatoms. The lowest BCUT2D eigenvalue weighted by atomic mass is 9.92. The minimum absolute atomic E-state index is 0.0644. The second-order valence-corrected chi connectivity index (χ2v) is 5.62. The average molecular weight is 300 g/mol. The fourth-order valence-corrected chi connectivity index (χ4v) is 3.06. The Hall–Kier alpha value is -2.37. The molecule has 0 aliphatic carbocycles. The number of piperidine rings is 1. The standard InChI is InChI=1S/C16H20N4O2/c1-2-11-9-18-19-14(11)12-5-4-8-20(10-12)16(22)15-13(21)6-3-7-17-15/h3,6-7,9,12,21H,2,4-5,8,10H2,1H3,(H,18,19)/t12-/m1/s1. The van der Waals surface area contributed by atoms with Gasteiger partial charge < -0.3 is 10.0 Å². The number of hydrogen-bond acceptors (Lipinski definition) is 4. The Labute approximate surface area is 129 Å². The van der Waals surface area contributed by atoms with Gasteiger partial charge in [0.25, 0.3) is 5.91 Å². The highest BCUT2D eigenvalue weighted by molar-refractivity contribution is 5.94. The molecule has 1 amide bonds. The summed E-state index contributed by atoms with van der Waals surface area (Å²) >= 11 is 0. The van der Waals surface area contributed by atoms with Crippen LogP contribution < -0.4 is 0 Å². The zero-order chi connectivity index (χ0) is 15.5. The van der Waals surface area contributed by atoms with E-state index in [2.05, 4.69) is 22.1 Å². The Bertz CT molecular complexity index is 668. The molecule has 22 heavy (non-hydrogen) atoms. The largest absolute Gasteiger partial charge is 0.505 e. The molecule has 0 unspecified atom stereocenters. The van der Waals surface area contributed by atoms with Crippen molar-refractivity contribution in [3.63, 3.8) is 0 Å². The lowest BCUT2D eigenvalue weighted by Crippen LogP contribution is -2.39. The van der Waals surface area contributed by atoms with Crippen molar-refractivity contribution in [2.45, 2.75) is 32.1 Å². The maximum Gasteiger partial charge on any atom is 0.276 e. The Balaban J connectivity index is 1.79. The van der Waals surface area contributed by atoms with Crippen LogP contribution in [0.15, 0.2) is 24.5 Å². The number of H-pyrrole nitrogens is 1. The summed E-state index contributed by atoms with van der Waals surface area (Å²) in [6.07, 6.45) is 6.29. The summed E-state index contributed by atoms with van der Waals surface area (Å²) in [7, 11) is 0. The molecule has 0 aromatic carbocycles. The minimum atomic E-state index is -0.208. The predicted molar refractivity (Wildman–Crippen MR) is 81.7 cm³/mol. The number of nitrogens with one attached hydrogen (secondary N) is 1. The van der Waals surface area contributed by atoms with E-state index in [0.29, 0.717) is 13.1 Å². The molecule has 116 valence electrons. The summed E-state index contributed by atoms with van der Waals surface area (Å²) in [4.78, 5) is 18.4. The van der Waals surface area contributed by atoms with E-state index >= 15 is 0 Å². The number of pyridine rings is 1. The van der Waals surface area contributed by atoms with Gasteiger partial charge in [-0.25, -0.2) is 4.98 Å². The third-order valence-electron chi connectivity index (χ3n) is 4.24. The van der Waals surface area contributed by atoms with Gasteiger partial charge in [-0.05, 0) is 37.0 Å². The molecule has 1 fully saturated rings. The molecule has 2 aromatic rings. The highest BCUT2D eigenvalue weighted by Gasteiger charge is 2.29. The van der Waals surface area contributed by atoms with Gasteiger partial charge in [0.2, 0.25) is 0 Å². The summed E-state index contributed by atoms with van der Waals surface area (Å²) < 4.78 is 0. The molecule has 1 aliphatic rings. The van der Waals surface area contributed by atoms with Crippen molar-refractivity contribution in [3.8, 4) is 5.75 Å². The number of likely N-dealkylation sites (tertiary alicyclic amines) is 1. The monoisotopic (exact) mass is 300 g/mol. The molecular formula is C16H20N4O2. The smallest absolute Gasteiger partial charge is 0.276 e. The molecule has 1 atom stereocenters. The number of amides is 1. The van der Waals surface area contributed by atoms with Gasteiger partial charge in [-0.2, -0.15) is 5.10 Å². The summed E-state index contributed by atoms with van der Waals surface area (Å²) in [5.74, 6) is -0.00761. The Kier molecular flexibility index (Phi) is 4.09. The van der Waals surface area contributed by atoms with Crippen molar-refractivity contribution >= 4 is 5.91 Å². The molecular weight excluding hydrogens is 280 g/mol. The first-order valence-corrected chi connectivity index (χ1v) is 7.66. The Morgan fingerprint density at radius 2 is 2.41 bits per heavy atom. The van der Waals surface area contributed by atoms with Gasteiger partial charge in [-0.1, -0.05) is 6.92 Å². The predicted octanol–water partition coefficient (Wildman–Crippen LogP) is 2.09. The van der Waals surface area contributed by atoms with Crippen LogP contribution in [-0.2, 0) is 6.42 Å². The molecule has 1 saturated heterocycles. The van der Waals surface area contributed by atoms with Crippen LogP contribution in [-0.4, -0.2) is 44.2 Å². The molecule has 3 heterocycles. The van der Waals surface area contributed by atoms with Gasteiger partial charge in [0, 0.05) is 30.9 Å². The Morgan fingerprint density at radius 3 is 3.18 bits per heavy atom. The number of carbonyl (C=O) groups excluding carboxylic acids is 1. The van der Waals surface area contributed by atoms with Gasteiger partial charge in [-0.3, -0.25) is 9.89 Å². The van der Waals surface area contributed by atoms with Crippen molar-refractivity contribution in [1.82, 2.24) is 20.1 Å². The first kappa shape index (κ1) is 14.6. The third-order valence-corrected chi connectivity index (χ3v) is 4.24. The number of hydrogen-bond donors (Lipinski definition) is 2. The summed E-state index contributed by atoms with van der Waals surface area (Å²) in [5, 5.41) is 17.0. The van der Waals surface area contributed by atoms with Gasteiger partial charge >= 0.3 is 0 Å². The molecule has 3 rings (SSSR count).